The van der Waals surface area contributed by atoms with Gasteiger partial charge in [-0.25, -0.2) is 4.79 Å². The fourth-order valence-electron chi connectivity index (χ4n) is 2.79. The van der Waals surface area contributed by atoms with Gasteiger partial charge in [0.25, 0.3) is 0 Å². The number of carbonyl (C=O) groups is 2. The van der Waals surface area contributed by atoms with Crippen LogP contribution in [-0.2, 0) is 9.53 Å². The average molecular weight is 424 g/mol. The first-order valence-electron chi connectivity index (χ1n) is 8.34. The van der Waals surface area contributed by atoms with Crippen molar-refractivity contribution in [3.8, 4) is 0 Å². The number of halogens is 1. The summed E-state index contributed by atoms with van der Waals surface area (Å²) in [5, 5.41) is 5.02. The molecule has 3 rings (SSSR count). The van der Waals surface area contributed by atoms with Gasteiger partial charge >= 0.3 is 5.97 Å². The Morgan fingerprint density at radius 1 is 1.00 bits per heavy atom. The van der Waals surface area contributed by atoms with Crippen molar-refractivity contribution in [2.24, 2.45) is 0 Å². The maximum absolute atomic E-state index is 12.5. The molecule has 5 heteroatoms. The molecule has 3 aromatic rings. The SMILES string of the molecule is COC(=O)c1cc(Br)ccc1NC(=O)C=C(C)c1ccc2ccccc2c1. The maximum atomic E-state index is 12.5. The second kappa shape index (κ2) is 8.18. The Bertz CT molecular complexity index is 1060. The highest BCUT2D eigenvalue weighted by atomic mass is 79.9. The van der Waals surface area contributed by atoms with E-state index in [9.17, 15) is 9.59 Å². The largest absolute Gasteiger partial charge is 0.465 e. The number of fused-ring (bicyclic) bond motifs is 1. The van der Waals surface area contributed by atoms with E-state index >= 15 is 0 Å². The third kappa shape index (κ3) is 4.44. The van der Waals surface area contributed by atoms with Crippen LogP contribution in [0.4, 0.5) is 5.69 Å². The van der Waals surface area contributed by atoms with E-state index in [1.165, 1.54) is 13.2 Å². The molecule has 0 spiro atoms. The second-order valence-corrected chi connectivity index (χ2v) is 6.98. The van der Waals surface area contributed by atoms with Crippen LogP contribution < -0.4 is 5.32 Å². The Morgan fingerprint density at radius 3 is 2.48 bits per heavy atom. The van der Waals surface area contributed by atoms with E-state index in [4.69, 9.17) is 4.74 Å². The van der Waals surface area contributed by atoms with Gasteiger partial charge < -0.3 is 10.1 Å². The fourth-order valence-corrected chi connectivity index (χ4v) is 3.15. The van der Waals surface area contributed by atoms with Gasteiger partial charge in [-0.3, -0.25) is 4.79 Å². The zero-order valence-electron chi connectivity index (χ0n) is 15.0. The monoisotopic (exact) mass is 423 g/mol. The van der Waals surface area contributed by atoms with Crippen LogP contribution >= 0.6 is 15.9 Å². The van der Waals surface area contributed by atoms with E-state index < -0.39 is 5.97 Å². The van der Waals surface area contributed by atoms with Gasteiger partial charge in [-0.15, -0.1) is 0 Å². The topological polar surface area (TPSA) is 55.4 Å². The summed E-state index contributed by atoms with van der Waals surface area (Å²) in [5.41, 5.74) is 2.48. The summed E-state index contributed by atoms with van der Waals surface area (Å²) in [5.74, 6) is -0.824. The van der Waals surface area contributed by atoms with Gasteiger partial charge in [0, 0.05) is 10.5 Å². The van der Waals surface area contributed by atoms with Gasteiger partial charge in [0.2, 0.25) is 5.91 Å². The van der Waals surface area contributed by atoms with E-state index in [1.54, 1.807) is 18.2 Å². The lowest BCUT2D eigenvalue weighted by Gasteiger charge is -2.10. The molecule has 0 aromatic heterocycles. The Balaban J connectivity index is 1.84. The van der Waals surface area contributed by atoms with Crippen LogP contribution in [0.15, 0.2) is 71.2 Å². The molecule has 0 saturated carbocycles. The number of methoxy groups -OCH3 is 1. The third-order valence-electron chi connectivity index (χ3n) is 4.20. The molecule has 0 fully saturated rings. The molecule has 0 heterocycles. The Labute approximate surface area is 166 Å². The Kier molecular flexibility index (Phi) is 5.72. The van der Waals surface area contributed by atoms with Crippen molar-refractivity contribution in [2.45, 2.75) is 6.92 Å². The minimum absolute atomic E-state index is 0.289. The number of nitrogens with one attached hydrogen (secondary N) is 1. The molecule has 136 valence electrons. The molecule has 1 N–H and O–H groups in total. The number of carbonyl (C=O) groups excluding carboxylic acids is 2. The van der Waals surface area contributed by atoms with Crippen molar-refractivity contribution in [1.29, 1.82) is 0 Å². The number of hydrogen-bond donors (Lipinski definition) is 1. The van der Waals surface area contributed by atoms with Crippen molar-refractivity contribution in [3.63, 3.8) is 0 Å². The highest BCUT2D eigenvalue weighted by Gasteiger charge is 2.14. The van der Waals surface area contributed by atoms with Crippen LogP contribution in [-0.4, -0.2) is 19.0 Å². The van der Waals surface area contributed by atoms with Crippen molar-refractivity contribution < 1.29 is 14.3 Å². The predicted octanol–water partition coefficient (Wildman–Crippen LogP) is 5.43. The molecule has 0 aliphatic rings. The summed E-state index contributed by atoms with van der Waals surface area (Å²) in [4.78, 5) is 24.4. The van der Waals surface area contributed by atoms with Gasteiger partial charge in [0.05, 0.1) is 18.4 Å². The lowest BCUT2D eigenvalue weighted by atomic mass is 10.0. The Morgan fingerprint density at radius 2 is 1.74 bits per heavy atom. The molecule has 3 aromatic carbocycles. The van der Waals surface area contributed by atoms with Crippen LogP contribution in [0.25, 0.3) is 16.3 Å². The van der Waals surface area contributed by atoms with Crippen LogP contribution in [0, 0.1) is 0 Å². The molecule has 0 saturated heterocycles. The minimum atomic E-state index is -0.512. The molecule has 27 heavy (non-hydrogen) atoms. The van der Waals surface area contributed by atoms with Gasteiger partial charge in [0.15, 0.2) is 0 Å². The standard InChI is InChI=1S/C22H18BrNO3/c1-14(16-8-7-15-5-3-4-6-17(15)12-16)11-21(25)24-20-10-9-18(23)13-19(20)22(26)27-2/h3-13H,1-2H3,(H,24,25). The molecular formula is C22H18BrNO3. The molecule has 0 aliphatic heterocycles. The molecule has 0 bridgehead atoms. The highest BCUT2D eigenvalue weighted by Crippen LogP contribution is 2.23. The number of benzene rings is 3. The van der Waals surface area contributed by atoms with E-state index in [0.29, 0.717) is 5.69 Å². The fraction of sp³-hybridized carbons (Fsp3) is 0.0909. The quantitative estimate of drug-likeness (QED) is 0.449. The first kappa shape index (κ1) is 18.9. The van der Waals surface area contributed by atoms with Gasteiger partial charge in [-0.05, 0) is 53.1 Å². The number of esters is 1. The number of ether oxygens (including phenoxy) is 1. The zero-order chi connectivity index (χ0) is 19.4. The van der Waals surface area contributed by atoms with E-state index in [2.05, 4.69) is 21.2 Å². The van der Waals surface area contributed by atoms with Crippen LogP contribution in [0.1, 0.15) is 22.8 Å². The Hall–Kier alpha value is -2.92. The second-order valence-electron chi connectivity index (χ2n) is 6.06. The summed E-state index contributed by atoms with van der Waals surface area (Å²) in [6.07, 6.45) is 1.52. The predicted molar refractivity (Wildman–Crippen MR) is 112 cm³/mol. The first-order valence-corrected chi connectivity index (χ1v) is 9.13. The van der Waals surface area contributed by atoms with Crippen molar-refractivity contribution >= 4 is 49.8 Å². The highest BCUT2D eigenvalue weighted by molar-refractivity contribution is 9.10. The van der Waals surface area contributed by atoms with Gasteiger partial charge in [-0.2, -0.15) is 0 Å². The first-order chi connectivity index (χ1) is 13.0. The summed E-state index contributed by atoms with van der Waals surface area (Å²) in [6, 6.07) is 19.2. The summed E-state index contributed by atoms with van der Waals surface area (Å²) in [7, 11) is 1.30. The van der Waals surface area contributed by atoms with E-state index in [-0.39, 0.29) is 11.5 Å². The van der Waals surface area contributed by atoms with E-state index in [0.717, 1.165) is 26.4 Å². The number of allylic oxidation sites excluding steroid dienone is 1. The summed E-state index contributed by atoms with van der Waals surface area (Å²) >= 11 is 3.32. The minimum Gasteiger partial charge on any atom is -0.465 e. The number of hydrogen-bond acceptors (Lipinski definition) is 3. The third-order valence-corrected chi connectivity index (χ3v) is 4.69. The number of amides is 1. The van der Waals surface area contributed by atoms with Crippen molar-refractivity contribution in [3.05, 3.63) is 82.3 Å². The van der Waals surface area contributed by atoms with Gasteiger partial charge in [0.1, 0.15) is 0 Å². The van der Waals surface area contributed by atoms with Crippen molar-refractivity contribution in [1.82, 2.24) is 0 Å². The normalized spacial score (nSPS) is 11.3. The van der Waals surface area contributed by atoms with Crippen LogP contribution in [0.3, 0.4) is 0 Å². The smallest absolute Gasteiger partial charge is 0.340 e. The summed E-state index contributed by atoms with van der Waals surface area (Å²) < 4.78 is 5.50. The van der Waals surface area contributed by atoms with Crippen LogP contribution in [0.5, 0.6) is 0 Å². The zero-order valence-corrected chi connectivity index (χ0v) is 16.5. The lowest BCUT2D eigenvalue weighted by molar-refractivity contribution is -0.111. The number of anilines is 1. The molecule has 0 aliphatic carbocycles. The van der Waals surface area contributed by atoms with E-state index in [1.807, 2.05) is 49.4 Å². The van der Waals surface area contributed by atoms with Gasteiger partial charge in [-0.1, -0.05) is 52.3 Å². The average Bonchev–Trinajstić information content (AvgIpc) is 2.68. The summed E-state index contributed by atoms with van der Waals surface area (Å²) in [6.45, 7) is 1.88. The molecule has 0 atom stereocenters. The molecular weight excluding hydrogens is 406 g/mol. The molecule has 0 unspecified atom stereocenters. The van der Waals surface area contributed by atoms with Crippen molar-refractivity contribution in [2.75, 3.05) is 12.4 Å². The number of rotatable bonds is 4. The van der Waals surface area contributed by atoms with Crippen LogP contribution in [0.2, 0.25) is 0 Å². The molecule has 1 amide bonds. The maximum Gasteiger partial charge on any atom is 0.340 e. The molecule has 4 nitrogen and oxygen atoms in total. The lowest BCUT2D eigenvalue weighted by Crippen LogP contribution is -2.13. The molecule has 0 radical (unpaired) electrons.